The molecule has 122 valence electrons. The van der Waals surface area contributed by atoms with Crippen LogP contribution in [0.3, 0.4) is 0 Å². The number of aryl methyl sites for hydroxylation is 1. The van der Waals surface area contributed by atoms with Crippen LogP contribution in [-0.4, -0.2) is 49.9 Å². The van der Waals surface area contributed by atoms with Crippen LogP contribution in [-0.2, 0) is 4.79 Å². The third-order valence-corrected chi connectivity index (χ3v) is 4.96. The normalized spacial score (nSPS) is 18.2. The predicted molar refractivity (Wildman–Crippen MR) is 89.6 cm³/mol. The predicted octanol–water partition coefficient (Wildman–Crippen LogP) is 2.32. The summed E-state index contributed by atoms with van der Waals surface area (Å²) in [6.45, 7) is 5.97. The summed E-state index contributed by atoms with van der Waals surface area (Å²) in [6, 6.07) is 7.99. The van der Waals surface area contributed by atoms with Crippen molar-refractivity contribution in [1.82, 2.24) is 25.1 Å². The summed E-state index contributed by atoms with van der Waals surface area (Å²) in [5.74, 6) is 1.13. The molecule has 0 N–H and O–H groups in total. The Bertz CT molecular complexity index is 669. The van der Waals surface area contributed by atoms with Gasteiger partial charge >= 0.3 is 0 Å². The number of thioether (sulfide) groups is 1. The molecule has 23 heavy (non-hydrogen) atoms. The zero-order valence-corrected chi connectivity index (χ0v) is 14.3. The van der Waals surface area contributed by atoms with Crippen LogP contribution in [0.5, 0.6) is 0 Å². The molecule has 0 spiro atoms. The molecule has 0 radical (unpaired) electrons. The van der Waals surface area contributed by atoms with Crippen LogP contribution in [0.2, 0.25) is 0 Å². The molecule has 1 atom stereocenters. The monoisotopic (exact) mass is 331 g/mol. The molecule has 2 heterocycles. The summed E-state index contributed by atoms with van der Waals surface area (Å²) in [5, 5.41) is 12.5. The number of nitrogens with zero attached hydrogens (tertiary/aromatic N) is 5. The summed E-state index contributed by atoms with van der Waals surface area (Å²) in [5.41, 5.74) is 2.09. The fourth-order valence-electron chi connectivity index (χ4n) is 2.75. The van der Waals surface area contributed by atoms with Crippen molar-refractivity contribution in [3.63, 3.8) is 0 Å². The van der Waals surface area contributed by atoms with Crippen molar-refractivity contribution in [2.45, 2.75) is 31.8 Å². The number of hydrogen-bond acceptors (Lipinski definition) is 5. The number of likely N-dealkylation sites (tertiary alicyclic amines) is 1. The molecule has 0 aliphatic carbocycles. The van der Waals surface area contributed by atoms with Gasteiger partial charge in [0.1, 0.15) is 0 Å². The molecule has 1 aliphatic rings. The molecule has 7 heteroatoms. The number of benzene rings is 1. The van der Waals surface area contributed by atoms with Gasteiger partial charge in [-0.05, 0) is 48.2 Å². The topological polar surface area (TPSA) is 63.9 Å². The average molecular weight is 331 g/mol. The van der Waals surface area contributed by atoms with Crippen LogP contribution in [0.1, 0.15) is 25.3 Å². The van der Waals surface area contributed by atoms with Crippen molar-refractivity contribution in [2.24, 2.45) is 5.92 Å². The van der Waals surface area contributed by atoms with Gasteiger partial charge < -0.3 is 4.90 Å². The van der Waals surface area contributed by atoms with Crippen LogP contribution in [0.4, 0.5) is 0 Å². The number of carbonyl (C=O) groups is 1. The molecule has 3 rings (SSSR count). The first-order chi connectivity index (χ1) is 11.1. The lowest BCUT2D eigenvalue weighted by atomic mass is 10.0. The zero-order chi connectivity index (χ0) is 16.2. The highest BCUT2D eigenvalue weighted by Crippen LogP contribution is 2.21. The lowest BCUT2D eigenvalue weighted by Gasteiger charge is -2.30. The third kappa shape index (κ3) is 3.90. The Balaban J connectivity index is 1.64. The van der Waals surface area contributed by atoms with Crippen LogP contribution >= 0.6 is 11.8 Å². The van der Waals surface area contributed by atoms with Crippen molar-refractivity contribution < 1.29 is 4.79 Å². The standard InChI is InChI=1S/C16H21N5OS/c1-12-5-7-14(8-6-12)21-16(17-18-19-21)23-11-15(22)20-9-3-4-13(2)10-20/h5-8,13H,3-4,9-11H2,1-2H3/t13-/m1/s1. The van der Waals surface area contributed by atoms with Gasteiger partial charge in [0.15, 0.2) is 0 Å². The maximum Gasteiger partial charge on any atom is 0.233 e. The summed E-state index contributed by atoms with van der Waals surface area (Å²) in [7, 11) is 0. The zero-order valence-electron chi connectivity index (χ0n) is 13.5. The van der Waals surface area contributed by atoms with E-state index in [-0.39, 0.29) is 5.91 Å². The maximum atomic E-state index is 12.4. The highest BCUT2D eigenvalue weighted by molar-refractivity contribution is 7.99. The van der Waals surface area contributed by atoms with Crippen molar-refractivity contribution in [2.75, 3.05) is 18.8 Å². The Morgan fingerprint density at radius 3 is 2.87 bits per heavy atom. The van der Waals surface area contributed by atoms with E-state index in [2.05, 4.69) is 22.4 Å². The van der Waals surface area contributed by atoms with Gasteiger partial charge in [-0.3, -0.25) is 4.79 Å². The Morgan fingerprint density at radius 2 is 2.13 bits per heavy atom. The van der Waals surface area contributed by atoms with E-state index in [0.717, 1.165) is 25.2 Å². The molecule has 1 aromatic heterocycles. The fraction of sp³-hybridized carbons (Fsp3) is 0.500. The molecule has 1 fully saturated rings. The van der Waals surface area contributed by atoms with Crippen LogP contribution in [0, 0.1) is 12.8 Å². The van der Waals surface area contributed by atoms with E-state index in [4.69, 9.17) is 0 Å². The molecular formula is C16H21N5OS. The summed E-state index contributed by atoms with van der Waals surface area (Å²) in [4.78, 5) is 14.3. The minimum Gasteiger partial charge on any atom is -0.342 e. The summed E-state index contributed by atoms with van der Waals surface area (Å²) < 4.78 is 1.68. The van der Waals surface area contributed by atoms with Gasteiger partial charge in [-0.1, -0.05) is 36.4 Å². The Labute approximate surface area is 140 Å². The maximum absolute atomic E-state index is 12.4. The number of tetrazole rings is 1. The minimum absolute atomic E-state index is 0.167. The number of carbonyl (C=O) groups excluding carboxylic acids is 1. The number of rotatable bonds is 4. The Hall–Kier alpha value is -1.89. The SMILES string of the molecule is Cc1ccc(-n2nnnc2SCC(=O)N2CCC[C@@H](C)C2)cc1. The smallest absolute Gasteiger partial charge is 0.233 e. The van der Waals surface area contributed by atoms with E-state index in [1.165, 1.54) is 23.7 Å². The highest BCUT2D eigenvalue weighted by atomic mass is 32.2. The van der Waals surface area contributed by atoms with E-state index in [0.29, 0.717) is 16.8 Å². The van der Waals surface area contributed by atoms with Gasteiger partial charge in [0.25, 0.3) is 0 Å². The molecule has 0 bridgehead atoms. The van der Waals surface area contributed by atoms with Crippen molar-refractivity contribution in [1.29, 1.82) is 0 Å². The molecule has 0 saturated carbocycles. The largest absolute Gasteiger partial charge is 0.342 e. The van der Waals surface area contributed by atoms with Crippen molar-refractivity contribution in [3.8, 4) is 5.69 Å². The second-order valence-electron chi connectivity index (χ2n) is 6.08. The molecular weight excluding hydrogens is 310 g/mol. The Kier molecular flexibility index (Phi) is 4.95. The lowest BCUT2D eigenvalue weighted by molar-refractivity contribution is -0.130. The van der Waals surface area contributed by atoms with E-state index < -0.39 is 0 Å². The molecule has 6 nitrogen and oxygen atoms in total. The number of hydrogen-bond donors (Lipinski definition) is 0. The lowest BCUT2D eigenvalue weighted by Crippen LogP contribution is -2.40. The van der Waals surface area contributed by atoms with Gasteiger partial charge in [0.05, 0.1) is 11.4 Å². The van der Waals surface area contributed by atoms with E-state index in [1.54, 1.807) is 4.68 Å². The number of piperidine rings is 1. The molecule has 1 amide bonds. The third-order valence-electron chi connectivity index (χ3n) is 4.05. The Morgan fingerprint density at radius 1 is 1.35 bits per heavy atom. The number of amides is 1. The second kappa shape index (κ2) is 7.12. The van der Waals surface area contributed by atoms with Gasteiger partial charge in [-0.2, -0.15) is 4.68 Å². The molecule has 1 aromatic carbocycles. The molecule has 1 aliphatic heterocycles. The van der Waals surface area contributed by atoms with Gasteiger partial charge in [-0.15, -0.1) is 5.10 Å². The van der Waals surface area contributed by atoms with E-state index in [1.807, 2.05) is 36.1 Å². The minimum atomic E-state index is 0.167. The van der Waals surface area contributed by atoms with Crippen molar-refractivity contribution in [3.05, 3.63) is 29.8 Å². The van der Waals surface area contributed by atoms with Crippen molar-refractivity contribution >= 4 is 17.7 Å². The molecule has 0 unspecified atom stereocenters. The van der Waals surface area contributed by atoms with Gasteiger partial charge in [0.2, 0.25) is 11.1 Å². The first kappa shape index (κ1) is 16.0. The summed E-state index contributed by atoms with van der Waals surface area (Å²) >= 11 is 1.39. The average Bonchev–Trinajstić information content (AvgIpc) is 3.02. The number of aromatic nitrogens is 4. The quantitative estimate of drug-likeness (QED) is 0.805. The van der Waals surface area contributed by atoms with Gasteiger partial charge in [-0.25, -0.2) is 0 Å². The van der Waals surface area contributed by atoms with Crippen LogP contribution in [0.25, 0.3) is 5.69 Å². The first-order valence-electron chi connectivity index (χ1n) is 7.89. The fourth-order valence-corrected chi connectivity index (χ4v) is 3.54. The van der Waals surface area contributed by atoms with Gasteiger partial charge in [0, 0.05) is 13.1 Å². The second-order valence-corrected chi connectivity index (χ2v) is 7.03. The highest BCUT2D eigenvalue weighted by Gasteiger charge is 2.21. The molecule has 1 saturated heterocycles. The first-order valence-corrected chi connectivity index (χ1v) is 8.88. The van der Waals surface area contributed by atoms with E-state index in [9.17, 15) is 4.79 Å². The summed E-state index contributed by atoms with van der Waals surface area (Å²) in [6.07, 6.45) is 2.31. The van der Waals surface area contributed by atoms with Crippen LogP contribution in [0.15, 0.2) is 29.4 Å². The van der Waals surface area contributed by atoms with Crippen LogP contribution < -0.4 is 0 Å². The molecule has 2 aromatic rings. The van der Waals surface area contributed by atoms with E-state index >= 15 is 0 Å².